The van der Waals surface area contributed by atoms with Crippen LogP contribution in [0.15, 0.2) is 103 Å². The molecule has 93 heavy (non-hydrogen) atoms. The second-order valence-corrected chi connectivity index (χ2v) is 57.8. The first kappa shape index (κ1) is 85.2. The molecule has 0 aliphatic carbocycles. The number of benzene rings is 5. The summed E-state index contributed by atoms with van der Waals surface area (Å²) in [6.07, 6.45) is 6.99. The zero-order valence-electron chi connectivity index (χ0n) is 50.6. The Morgan fingerprint density at radius 1 is 0.548 bits per heavy atom. The monoisotopic (exact) mass is 2330 g/mol. The zero-order valence-corrected chi connectivity index (χ0v) is 71.6. The number of carbonyl (C=O) groups is 5. The van der Waals surface area contributed by atoms with Gasteiger partial charge >= 0.3 is 70.8 Å². The predicted octanol–water partition coefficient (Wildman–Crippen LogP) is 16.4. The van der Waals surface area contributed by atoms with Crippen LogP contribution in [-0.2, 0) is 28.9 Å². The number of hydrogen-bond acceptors (Lipinski definition) is 15. The molecule has 4 N–H and O–H groups in total. The van der Waals surface area contributed by atoms with Crippen LogP contribution in [-0.4, -0.2) is 166 Å². The molecule has 34 heteroatoms. The Morgan fingerprint density at radius 3 is 1.34 bits per heavy atom. The van der Waals surface area contributed by atoms with E-state index in [1.807, 2.05) is 104 Å². The topological polar surface area (TPSA) is 283 Å². The Hall–Kier alpha value is -2.05. The van der Waals surface area contributed by atoms with Crippen molar-refractivity contribution in [3.8, 4) is 0 Å². The van der Waals surface area contributed by atoms with Gasteiger partial charge in [0.25, 0.3) is 17.7 Å². The number of aromatic nitrogens is 10. The number of aromatic amines is 3. The van der Waals surface area contributed by atoms with Crippen LogP contribution in [0.3, 0.4) is 0 Å². The van der Waals surface area contributed by atoms with Crippen molar-refractivity contribution in [2.75, 3.05) is 65.5 Å². The standard InChI is InChI=1S/C15H18IN3O3.C13H13IN2O2.C10H10IN3O2.C10H11N3O2.C8H6N2O2.2CH3I.CH4.4HI.V/c1-18(21-2)15(20)14-11-9-10(16)6-7-12(11)19(17-14)13-5-3-4-8-22-13;14-9-4-5-12-10(7-9)11(8-17)15-16(12)13-3-1-2-6-18-13;1-14(16-2)10(15)9-7-5-6(11)3-4-8(7)12-13-9;1-13(15-2)10(14)9-7-5-3-4-6-8(7)11-12-9;11-8(12)7-5-3-1-2-4-6(5)9-10-7;2*1-2;;;;;;/h6-7,9,13H,3-5,8H2,1-2H3;4-5,7-8,13H,1-3,6H2;3-5H,1-2H3,(H,12,13);3-6H,1-2H3,(H,11,12);1-4H,(H,9,10)(H,11,12);2*1H3;1H4;4*1H;/q;;;;;;;;;;;;+3/p-3. The van der Waals surface area contributed by atoms with Crippen LogP contribution in [0.1, 0.15) is 111 Å². The summed E-state index contributed by atoms with van der Waals surface area (Å²) in [4.78, 5) is 76.2. The molecule has 5 aromatic heterocycles. The third-order valence-corrected chi connectivity index (χ3v) is 15.3. The quantitative estimate of drug-likeness (QED) is 0.0428. The van der Waals surface area contributed by atoms with Crippen LogP contribution in [0, 0.1) is 10.7 Å². The molecule has 2 aliphatic heterocycles. The maximum absolute atomic E-state index is 12.5. The van der Waals surface area contributed by atoms with Gasteiger partial charge in [-0.15, -0.1) is 24.0 Å². The van der Waals surface area contributed by atoms with E-state index in [0.717, 1.165) is 128 Å². The van der Waals surface area contributed by atoms with Crippen molar-refractivity contribution in [2.45, 2.75) is 58.4 Å². The molecule has 10 aromatic rings. The Bertz CT molecular complexity index is 3990. The van der Waals surface area contributed by atoms with Crippen LogP contribution in [0.2, 0.25) is 0 Å². The number of amides is 3. The van der Waals surface area contributed by atoms with E-state index in [-0.39, 0.29) is 72.2 Å². The van der Waals surface area contributed by atoms with E-state index in [2.05, 4.69) is 214 Å². The molecule has 12 rings (SSSR count). The number of carboxylic acid groups (broad SMARTS) is 1. The van der Waals surface area contributed by atoms with Crippen LogP contribution in [0.25, 0.3) is 54.5 Å². The van der Waals surface area contributed by atoms with E-state index in [1.165, 1.54) is 26.4 Å². The molecule has 7 heterocycles. The number of ether oxygens (including phenoxy) is 2. The maximum atomic E-state index is 12.5. The molecule has 0 spiro atoms. The van der Waals surface area contributed by atoms with E-state index in [0.29, 0.717) is 28.2 Å². The fourth-order valence-corrected chi connectivity index (χ4v) is 10.3. The van der Waals surface area contributed by atoms with Gasteiger partial charge in [0.05, 0.1) is 48.9 Å². The van der Waals surface area contributed by atoms with Crippen molar-refractivity contribution in [3.05, 3.63) is 142 Å². The van der Waals surface area contributed by atoms with E-state index in [1.54, 1.807) is 39.3 Å². The molecular formula is C59H69I9N13O11V. The second-order valence-electron chi connectivity index (χ2n) is 18.7. The van der Waals surface area contributed by atoms with E-state index in [4.69, 9.17) is 29.1 Å². The molecule has 24 nitrogen and oxygen atoms in total. The number of para-hydroxylation sites is 2. The third-order valence-electron chi connectivity index (χ3n) is 13.3. The fourth-order valence-electron chi connectivity index (χ4n) is 8.87. The van der Waals surface area contributed by atoms with E-state index < -0.39 is 5.97 Å². The van der Waals surface area contributed by atoms with Crippen molar-refractivity contribution in [1.29, 1.82) is 0 Å². The number of aldehydes is 1. The summed E-state index contributed by atoms with van der Waals surface area (Å²) < 4.78 is 18.5. The van der Waals surface area contributed by atoms with Gasteiger partial charge in [0, 0.05) is 72.0 Å². The van der Waals surface area contributed by atoms with Gasteiger partial charge in [0.1, 0.15) is 5.69 Å². The number of nitrogens with one attached hydrogen (secondary N) is 3. The van der Waals surface area contributed by atoms with Crippen molar-refractivity contribution in [2.24, 2.45) is 0 Å². The van der Waals surface area contributed by atoms with Gasteiger partial charge in [0.15, 0.2) is 41.5 Å². The first-order chi connectivity index (χ1) is 43.8. The Kier molecular flexibility index (Phi) is 40.4. The molecule has 3 amide bonds. The molecule has 2 unspecified atom stereocenters. The van der Waals surface area contributed by atoms with Gasteiger partial charge in [-0.2, -0.15) is 25.5 Å². The number of halogens is 9. The molecule has 2 saturated heterocycles. The van der Waals surface area contributed by atoms with Gasteiger partial charge in [-0.05, 0) is 183 Å². The number of nitrogens with zero attached hydrogens (tertiary/aromatic N) is 10. The predicted molar refractivity (Wildman–Crippen MR) is 437 cm³/mol. The first-order valence-corrected chi connectivity index (χ1v) is 48.1. The Morgan fingerprint density at radius 2 is 0.914 bits per heavy atom. The average molecular weight is 2330 g/mol. The zero-order chi connectivity index (χ0) is 66.9. The Labute approximate surface area is 661 Å². The van der Waals surface area contributed by atoms with Crippen LogP contribution in [0.5, 0.6) is 0 Å². The first-order valence-electron chi connectivity index (χ1n) is 27.1. The van der Waals surface area contributed by atoms with Crippen LogP contribution >= 0.6 is 197 Å². The molecule has 0 bridgehead atoms. The SMILES string of the molecule is C.CI.CI.CON(C)C(=O)c1n[nH]c2ccc(I)cc12.CON(C)C(=O)c1n[nH]c2ccccc12.CON(C)C(=O)c1nn(C2CCCCO2)c2ccc(I)cc12.I.O=C(O)c1n[nH]c2ccccc12.O=Cc1nn(C2CCCCO2)c2ccc(I)cc12.[I][V]([I])[I]. The summed E-state index contributed by atoms with van der Waals surface area (Å²) >= 11 is 18.4. The molecule has 5 aromatic carbocycles. The van der Waals surface area contributed by atoms with Crippen molar-refractivity contribution in [1.82, 2.24) is 65.3 Å². The number of H-pyrrole nitrogens is 3. The average Bonchev–Trinajstić information content (AvgIpc) is 1.65. The number of hydroxylamine groups is 6. The summed E-state index contributed by atoms with van der Waals surface area (Å²) in [5.41, 5.74) is 6.03. The minimum absolute atomic E-state index is 0. The second kappa shape index (κ2) is 44.2. The number of fused-ring (bicyclic) bond motifs is 5. The minimum atomic E-state index is -1.01. The van der Waals surface area contributed by atoms with Crippen molar-refractivity contribution >= 4 is 281 Å². The molecule has 2 atom stereocenters. The number of carboxylic acids is 1. The number of rotatable bonds is 10. The summed E-state index contributed by atoms with van der Waals surface area (Å²) in [6, 6.07) is 32.3. The summed E-state index contributed by atoms with van der Waals surface area (Å²) in [7, 11) is 9.02. The van der Waals surface area contributed by atoms with Crippen molar-refractivity contribution < 1.29 is 58.0 Å². The summed E-state index contributed by atoms with van der Waals surface area (Å²) in [5.74, 6) is -1.80. The summed E-state index contributed by atoms with van der Waals surface area (Å²) in [6.45, 7) is 1.50. The summed E-state index contributed by atoms with van der Waals surface area (Å²) in [5, 5.41) is 45.0. The molecular weight excluding hydrogens is 2260 g/mol. The fraction of sp³-hybridized carbons (Fsp3) is 0.322. The van der Waals surface area contributed by atoms with Crippen LogP contribution in [0.4, 0.5) is 0 Å². The van der Waals surface area contributed by atoms with Gasteiger partial charge in [-0.25, -0.2) is 29.3 Å². The molecule has 0 saturated carbocycles. The number of carbonyl (C=O) groups excluding carboxylic acids is 4. The van der Waals surface area contributed by atoms with Crippen LogP contribution < -0.4 is 0 Å². The van der Waals surface area contributed by atoms with Gasteiger partial charge in [-0.1, -0.05) is 89.0 Å². The van der Waals surface area contributed by atoms with Gasteiger partial charge < -0.3 is 14.6 Å². The molecule has 0 radical (unpaired) electrons. The molecule has 2 aliphatic rings. The van der Waals surface area contributed by atoms with Gasteiger partial charge in [-0.3, -0.25) is 49.0 Å². The van der Waals surface area contributed by atoms with Crippen molar-refractivity contribution in [3.63, 3.8) is 0 Å². The molecule has 504 valence electrons. The Balaban J connectivity index is 0.000000296. The number of aromatic carboxylic acids is 1. The van der Waals surface area contributed by atoms with E-state index in [9.17, 15) is 24.0 Å². The molecule has 2 fully saturated rings. The third kappa shape index (κ3) is 24.1. The number of hydrogen-bond donors (Lipinski definition) is 4. The van der Waals surface area contributed by atoms with Gasteiger partial charge in [0.2, 0.25) is 0 Å². The van der Waals surface area contributed by atoms with E-state index >= 15 is 0 Å². The normalized spacial score (nSPS) is 13.7. The number of alkyl halides is 2.